The zero-order valence-corrected chi connectivity index (χ0v) is 18.9. The fourth-order valence-corrected chi connectivity index (χ4v) is 5.83. The van der Waals surface area contributed by atoms with E-state index in [9.17, 15) is 48.7 Å². The molecule has 37 heavy (non-hydrogen) atoms. The number of nitrogens with two attached hydrogens (primary N) is 1. The van der Waals surface area contributed by atoms with Gasteiger partial charge in [-0.1, -0.05) is 18.2 Å². The molecule has 2 aromatic carbocycles. The number of primary amides is 1. The van der Waals surface area contributed by atoms with Crippen LogP contribution in [0.2, 0.25) is 0 Å². The number of Topliss-reactive ketones (excluding diaryl/α,β-unsaturated/α-hetero) is 2. The first kappa shape index (κ1) is 24.8. The summed E-state index contributed by atoms with van der Waals surface area (Å²) in [6, 6.07) is 6.64. The van der Waals surface area contributed by atoms with Gasteiger partial charge in [-0.3, -0.25) is 14.4 Å². The normalized spacial score (nSPS) is 32.1. The number of hydrogen-bond donors (Lipinski definition) is 6. The number of aliphatic hydroxyl groups is 4. The summed E-state index contributed by atoms with van der Waals surface area (Å²) in [5, 5.41) is 54.8. The molecule has 6 atom stereocenters. The Morgan fingerprint density at radius 1 is 1.08 bits per heavy atom. The summed E-state index contributed by atoms with van der Waals surface area (Å²) >= 11 is 0. The Hall–Kier alpha value is -3.93. The fraction of sp³-hybridized carbons (Fsp3) is 0.269. The summed E-state index contributed by atoms with van der Waals surface area (Å²) in [6.45, 7) is 0. The monoisotopic (exact) mass is 513 g/mol. The molecule has 3 aliphatic rings. The maximum atomic E-state index is 13.9. The minimum Gasteiger partial charge on any atom is -0.507 e. The molecule has 1 amide bonds. The summed E-state index contributed by atoms with van der Waals surface area (Å²) in [5.74, 6) is -12.2. The van der Waals surface area contributed by atoms with Gasteiger partial charge >= 0.3 is 0 Å². The van der Waals surface area contributed by atoms with Gasteiger partial charge in [0.05, 0.1) is 23.3 Å². The van der Waals surface area contributed by atoms with Gasteiger partial charge in [0, 0.05) is 17.9 Å². The third kappa shape index (κ3) is 3.42. The van der Waals surface area contributed by atoms with E-state index in [-0.39, 0.29) is 22.3 Å². The Balaban J connectivity index is 1.79. The van der Waals surface area contributed by atoms with Crippen LogP contribution in [0.25, 0.3) is 17.4 Å². The average Bonchev–Trinajstić information content (AvgIpc) is 2.80. The van der Waals surface area contributed by atoms with E-state index in [1.165, 1.54) is 24.3 Å². The number of carbonyl (C=O) groups excluding carboxylic acids is 3. The molecule has 11 heteroatoms. The highest BCUT2D eigenvalue weighted by molar-refractivity contribution is 6.26. The molecule has 0 spiro atoms. The first-order valence-corrected chi connectivity index (χ1v) is 11.3. The van der Waals surface area contributed by atoms with E-state index in [2.05, 4.69) is 0 Å². The lowest BCUT2D eigenvalue weighted by atomic mass is 9.54. The van der Waals surface area contributed by atoms with E-state index in [1.54, 1.807) is 0 Å². The minimum absolute atomic E-state index is 0.0171. The molecule has 0 saturated heterocycles. The summed E-state index contributed by atoms with van der Waals surface area (Å²) in [7, 11) is 0. The number of amides is 1. The summed E-state index contributed by atoms with van der Waals surface area (Å²) < 4.78 is 27.9. The van der Waals surface area contributed by atoms with Crippen molar-refractivity contribution >= 4 is 34.9 Å². The largest absolute Gasteiger partial charge is 0.507 e. The minimum atomic E-state index is -3.02. The number of rotatable bonds is 2. The van der Waals surface area contributed by atoms with Crippen LogP contribution in [0.15, 0.2) is 42.0 Å². The molecule has 2 aromatic rings. The van der Waals surface area contributed by atoms with E-state index in [0.717, 1.165) is 12.1 Å². The summed E-state index contributed by atoms with van der Waals surface area (Å²) in [5.41, 5.74) is 1.43. The zero-order chi connectivity index (χ0) is 27.0. The third-order valence-corrected chi connectivity index (χ3v) is 7.42. The number of fused-ring (bicyclic) bond motifs is 3. The number of hydrogen-bond acceptors (Lipinski definition) is 8. The Labute approximate surface area is 207 Å². The summed E-state index contributed by atoms with van der Waals surface area (Å²) in [4.78, 5) is 38.7. The van der Waals surface area contributed by atoms with Gasteiger partial charge in [0.25, 0.3) is 0 Å². The number of carbonyl (C=O) groups is 3. The smallest absolute Gasteiger partial charge is 0.230 e. The van der Waals surface area contributed by atoms with Gasteiger partial charge in [0.1, 0.15) is 29.1 Å². The number of aliphatic hydroxyl groups excluding tert-OH is 3. The van der Waals surface area contributed by atoms with Gasteiger partial charge < -0.3 is 31.3 Å². The topological polar surface area (TPSA) is 178 Å². The van der Waals surface area contributed by atoms with Crippen LogP contribution in [0.5, 0.6) is 5.75 Å². The molecule has 0 bridgehead atoms. The van der Waals surface area contributed by atoms with Crippen molar-refractivity contribution in [2.24, 2.45) is 23.5 Å². The van der Waals surface area contributed by atoms with Crippen molar-refractivity contribution in [3.05, 3.63) is 70.3 Å². The van der Waals surface area contributed by atoms with E-state index in [4.69, 9.17) is 5.73 Å². The molecule has 192 valence electrons. The SMILES string of the molecule is NC(=O)C1C(=O)[C@@]2(O)C(=O)C3=C(O)c4c(O)cccc4/C(=C\c4cc(F)cc(F)c4)[C@H]3[C@H](O)[C@H]2CC1O. The van der Waals surface area contributed by atoms with Crippen LogP contribution in [0.4, 0.5) is 8.78 Å². The highest BCUT2D eigenvalue weighted by atomic mass is 19.1. The molecule has 0 aliphatic heterocycles. The van der Waals surface area contributed by atoms with Crippen LogP contribution in [0.1, 0.15) is 23.1 Å². The number of ketones is 2. The van der Waals surface area contributed by atoms with Crippen LogP contribution in [0, 0.1) is 29.4 Å². The standard InChI is InChI=1S/C26H21F2NO8/c27-10-4-9(5-11(28)7-10)6-13-12-2-1-3-15(30)17(12)22(33)20-18(13)21(32)14-8-16(31)19(25(29)36)23(34)26(14,37)24(20)35/h1-7,14,16,18-19,21,30-33,37H,8H2,(H2,29,36)/b13-6+/t14-,16?,18-,19?,21-,26-/m1/s1. The van der Waals surface area contributed by atoms with Crippen molar-refractivity contribution in [1.82, 2.24) is 0 Å². The van der Waals surface area contributed by atoms with Gasteiger partial charge in [-0.05, 0) is 41.3 Å². The highest BCUT2D eigenvalue weighted by Crippen LogP contribution is 2.55. The molecule has 0 radical (unpaired) electrons. The predicted molar refractivity (Wildman–Crippen MR) is 123 cm³/mol. The lowest BCUT2D eigenvalue weighted by Gasteiger charge is -2.51. The molecule has 9 nitrogen and oxygen atoms in total. The van der Waals surface area contributed by atoms with Crippen LogP contribution in [-0.4, -0.2) is 60.8 Å². The molecule has 3 aliphatic carbocycles. The number of phenols is 1. The second kappa shape index (κ2) is 8.30. The van der Waals surface area contributed by atoms with E-state index < -0.39 is 88.2 Å². The molecule has 0 aromatic heterocycles. The van der Waals surface area contributed by atoms with Gasteiger partial charge in [-0.2, -0.15) is 0 Å². The van der Waals surface area contributed by atoms with Gasteiger partial charge in [-0.15, -0.1) is 0 Å². The maximum Gasteiger partial charge on any atom is 0.230 e. The number of halogens is 2. The zero-order valence-electron chi connectivity index (χ0n) is 18.9. The van der Waals surface area contributed by atoms with Gasteiger partial charge in [-0.25, -0.2) is 8.78 Å². The lowest BCUT2D eigenvalue weighted by Crippen LogP contribution is -2.70. The molecule has 5 rings (SSSR count). The van der Waals surface area contributed by atoms with Crippen molar-refractivity contribution in [3.63, 3.8) is 0 Å². The van der Waals surface area contributed by atoms with Gasteiger partial charge in [0.15, 0.2) is 11.4 Å². The fourth-order valence-electron chi connectivity index (χ4n) is 5.83. The number of phenolic OH excluding ortho intramolecular Hbond substituents is 1. The van der Waals surface area contributed by atoms with Gasteiger partial charge in [0.2, 0.25) is 11.7 Å². The molecule has 2 saturated carbocycles. The van der Waals surface area contributed by atoms with E-state index in [1.807, 2.05) is 0 Å². The molecule has 0 heterocycles. The summed E-state index contributed by atoms with van der Waals surface area (Å²) in [6.07, 6.45) is -2.83. The quantitative estimate of drug-likeness (QED) is 0.320. The Kier molecular flexibility index (Phi) is 5.55. The van der Waals surface area contributed by atoms with Crippen molar-refractivity contribution < 1.29 is 48.7 Å². The Morgan fingerprint density at radius 3 is 2.35 bits per heavy atom. The second-order valence-corrected chi connectivity index (χ2v) is 9.48. The van der Waals surface area contributed by atoms with Crippen LogP contribution >= 0.6 is 0 Å². The van der Waals surface area contributed by atoms with Crippen LogP contribution < -0.4 is 5.73 Å². The van der Waals surface area contributed by atoms with Crippen molar-refractivity contribution in [2.75, 3.05) is 0 Å². The highest BCUT2D eigenvalue weighted by Gasteiger charge is 2.67. The first-order valence-electron chi connectivity index (χ1n) is 11.3. The van der Waals surface area contributed by atoms with Crippen LogP contribution in [0.3, 0.4) is 0 Å². The maximum absolute atomic E-state index is 13.9. The molecular weight excluding hydrogens is 492 g/mol. The Morgan fingerprint density at radius 2 is 1.73 bits per heavy atom. The molecular formula is C26H21F2NO8. The lowest BCUT2D eigenvalue weighted by molar-refractivity contribution is -0.184. The Bertz CT molecular complexity index is 1430. The van der Waals surface area contributed by atoms with E-state index >= 15 is 0 Å². The van der Waals surface area contributed by atoms with Crippen molar-refractivity contribution in [3.8, 4) is 5.75 Å². The number of aromatic hydroxyl groups is 1. The van der Waals surface area contributed by atoms with Crippen molar-refractivity contribution in [1.29, 1.82) is 0 Å². The average molecular weight is 513 g/mol. The van der Waals surface area contributed by atoms with Crippen LogP contribution in [-0.2, 0) is 14.4 Å². The number of benzene rings is 2. The first-order chi connectivity index (χ1) is 17.4. The third-order valence-electron chi connectivity index (χ3n) is 7.42. The second-order valence-electron chi connectivity index (χ2n) is 9.48. The molecule has 2 unspecified atom stereocenters. The van der Waals surface area contributed by atoms with E-state index in [0.29, 0.717) is 6.07 Å². The predicted octanol–water partition coefficient (Wildman–Crippen LogP) is 0.836. The molecule has 2 fully saturated rings. The molecule has 7 N–H and O–H groups in total. The van der Waals surface area contributed by atoms with Crippen molar-refractivity contribution in [2.45, 2.75) is 24.2 Å².